The zero-order valence-electron chi connectivity index (χ0n) is 15.0. The second-order valence-corrected chi connectivity index (χ2v) is 9.20. The van der Waals surface area contributed by atoms with Crippen LogP contribution in [0.15, 0.2) is 17.2 Å². The van der Waals surface area contributed by atoms with Crippen molar-refractivity contribution in [2.75, 3.05) is 39.4 Å². The average Bonchev–Trinajstić information content (AvgIpc) is 3.13. The molecule has 0 spiro atoms. The quantitative estimate of drug-likeness (QED) is 0.875. The summed E-state index contributed by atoms with van der Waals surface area (Å²) in [5.74, 6) is -0.122. The van der Waals surface area contributed by atoms with Gasteiger partial charge in [0.1, 0.15) is 10.6 Å². The highest BCUT2D eigenvalue weighted by atomic mass is 32.2. The highest BCUT2D eigenvalue weighted by Gasteiger charge is 2.33. The molecular formula is C17H27N3O4S. The minimum absolute atomic E-state index is 0.122. The number of hydrogen-bond acceptors (Lipinski definition) is 4. The number of sulfonamides is 1. The van der Waals surface area contributed by atoms with E-state index in [0.29, 0.717) is 38.5 Å². The number of H-pyrrole nitrogens is 1. The van der Waals surface area contributed by atoms with Gasteiger partial charge in [0.25, 0.3) is 5.91 Å². The Labute approximate surface area is 149 Å². The van der Waals surface area contributed by atoms with Gasteiger partial charge < -0.3 is 14.6 Å². The first-order valence-electron chi connectivity index (χ1n) is 8.91. The maximum atomic E-state index is 12.8. The van der Waals surface area contributed by atoms with E-state index in [9.17, 15) is 13.2 Å². The molecule has 3 rings (SSSR count). The van der Waals surface area contributed by atoms with Gasteiger partial charge in [-0.1, -0.05) is 13.8 Å². The molecule has 1 N–H and O–H groups in total. The molecule has 0 unspecified atom stereocenters. The summed E-state index contributed by atoms with van der Waals surface area (Å²) in [6.45, 7) is 7.28. The summed E-state index contributed by atoms with van der Waals surface area (Å²) in [7, 11) is -3.58. The summed E-state index contributed by atoms with van der Waals surface area (Å²) in [4.78, 5) is 17.6. The first kappa shape index (κ1) is 18.4. The van der Waals surface area contributed by atoms with E-state index >= 15 is 0 Å². The lowest BCUT2D eigenvalue weighted by Gasteiger charge is -2.39. The Morgan fingerprint density at radius 1 is 1.32 bits per heavy atom. The topological polar surface area (TPSA) is 82.7 Å². The van der Waals surface area contributed by atoms with Crippen molar-refractivity contribution in [3.8, 4) is 0 Å². The van der Waals surface area contributed by atoms with E-state index in [-0.39, 0.29) is 16.2 Å². The highest BCUT2D eigenvalue weighted by molar-refractivity contribution is 7.89. The van der Waals surface area contributed by atoms with Crippen LogP contribution in [0.25, 0.3) is 0 Å². The normalized spacial score (nSPS) is 25.9. The molecule has 1 aromatic heterocycles. The lowest BCUT2D eigenvalue weighted by molar-refractivity contribution is 0.0538. The number of hydrogen-bond donors (Lipinski definition) is 1. The number of carbonyl (C=O) groups is 1. The molecule has 0 bridgehead atoms. The van der Waals surface area contributed by atoms with Crippen molar-refractivity contribution >= 4 is 15.9 Å². The van der Waals surface area contributed by atoms with Gasteiger partial charge in [-0.2, -0.15) is 4.31 Å². The molecule has 1 amide bonds. The van der Waals surface area contributed by atoms with Gasteiger partial charge in [0, 0.05) is 32.4 Å². The van der Waals surface area contributed by atoms with Crippen molar-refractivity contribution in [2.24, 2.45) is 5.41 Å². The van der Waals surface area contributed by atoms with E-state index in [1.807, 2.05) is 4.90 Å². The number of piperidine rings is 1. The minimum atomic E-state index is -3.58. The van der Waals surface area contributed by atoms with Crippen LogP contribution in [0, 0.1) is 5.41 Å². The highest BCUT2D eigenvalue weighted by Crippen LogP contribution is 2.33. The Morgan fingerprint density at radius 3 is 2.72 bits per heavy atom. The minimum Gasteiger partial charge on any atom is -0.379 e. The van der Waals surface area contributed by atoms with Crippen LogP contribution in [0.2, 0.25) is 0 Å². The summed E-state index contributed by atoms with van der Waals surface area (Å²) in [5.41, 5.74) is 0.482. The molecule has 8 heteroatoms. The van der Waals surface area contributed by atoms with Gasteiger partial charge in [0.05, 0.1) is 13.2 Å². The molecule has 2 aliphatic rings. The summed E-state index contributed by atoms with van der Waals surface area (Å²) >= 11 is 0. The molecule has 140 valence electrons. The molecule has 0 aromatic carbocycles. The van der Waals surface area contributed by atoms with Gasteiger partial charge >= 0.3 is 0 Å². The van der Waals surface area contributed by atoms with Crippen LogP contribution in [0.1, 0.15) is 43.6 Å². The van der Waals surface area contributed by atoms with Crippen molar-refractivity contribution in [3.63, 3.8) is 0 Å². The first-order chi connectivity index (χ1) is 11.9. The Bertz CT molecular complexity index is 724. The summed E-state index contributed by atoms with van der Waals surface area (Å²) < 4.78 is 32.0. The second kappa shape index (κ2) is 7.09. The number of nitrogens with zero attached hydrogens (tertiary/aromatic N) is 2. The Morgan fingerprint density at radius 2 is 2.04 bits per heavy atom. The Kier molecular flexibility index (Phi) is 5.22. The second-order valence-electron chi connectivity index (χ2n) is 7.26. The molecule has 0 saturated carbocycles. The molecule has 1 aromatic rings. The predicted molar refractivity (Wildman–Crippen MR) is 93.9 cm³/mol. The summed E-state index contributed by atoms with van der Waals surface area (Å²) in [6, 6.07) is 1.46. The monoisotopic (exact) mass is 369 g/mol. The van der Waals surface area contributed by atoms with E-state index in [0.717, 1.165) is 25.8 Å². The number of carbonyl (C=O) groups excluding carboxylic acids is 1. The first-order valence-corrected chi connectivity index (χ1v) is 10.4. The molecule has 0 aliphatic carbocycles. The van der Waals surface area contributed by atoms with E-state index in [1.54, 1.807) is 0 Å². The SMILES string of the molecule is CC[C@@]1(C)CCCN(C(=O)c2cc(S(=O)(=O)N3CCOCC3)c[nH]2)C1. The molecular weight excluding hydrogens is 342 g/mol. The van der Waals surface area contributed by atoms with Gasteiger partial charge in [-0.3, -0.25) is 4.79 Å². The van der Waals surface area contributed by atoms with Crippen LogP contribution in [0.4, 0.5) is 0 Å². The smallest absolute Gasteiger partial charge is 0.270 e. The van der Waals surface area contributed by atoms with E-state index < -0.39 is 10.0 Å². The number of nitrogens with one attached hydrogen (secondary N) is 1. The number of likely N-dealkylation sites (tertiary alicyclic amines) is 1. The summed E-state index contributed by atoms with van der Waals surface area (Å²) in [6.07, 6.45) is 4.55. The third-order valence-electron chi connectivity index (χ3n) is 5.42. The fraction of sp³-hybridized carbons (Fsp3) is 0.706. The lowest BCUT2D eigenvalue weighted by Crippen LogP contribution is -2.44. The molecule has 2 aliphatic heterocycles. The van der Waals surface area contributed by atoms with Crippen LogP contribution in [0.3, 0.4) is 0 Å². The summed E-state index contributed by atoms with van der Waals surface area (Å²) in [5, 5.41) is 0. The van der Waals surface area contributed by atoms with Crippen molar-refractivity contribution in [1.29, 1.82) is 0 Å². The van der Waals surface area contributed by atoms with Crippen molar-refractivity contribution in [2.45, 2.75) is 38.0 Å². The number of ether oxygens (including phenoxy) is 1. The molecule has 0 radical (unpaired) electrons. The lowest BCUT2D eigenvalue weighted by atomic mass is 9.79. The van der Waals surface area contributed by atoms with E-state index in [1.165, 1.54) is 16.6 Å². The third-order valence-corrected chi connectivity index (χ3v) is 7.29. The van der Waals surface area contributed by atoms with Crippen molar-refractivity contribution in [3.05, 3.63) is 18.0 Å². The van der Waals surface area contributed by atoms with Gasteiger partial charge in [0.15, 0.2) is 0 Å². The Hall–Kier alpha value is -1.38. The average molecular weight is 369 g/mol. The fourth-order valence-corrected chi connectivity index (χ4v) is 4.93. The number of rotatable bonds is 4. The number of aromatic amines is 1. The molecule has 25 heavy (non-hydrogen) atoms. The van der Waals surface area contributed by atoms with Crippen LogP contribution in [-0.2, 0) is 14.8 Å². The third kappa shape index (κ3) is 3.75. The molecule has 2 saturated heterocycles. The van der Waals surface area contributed by atoms with Crippen LogP contribution < -0.4 is 0 Å². The van der Waals surface area contributed by atoms with E-state index in [4.69, 9.17) is 4.74 Å². The van der Waals surface area contributed by atoms with Gasteiger partial charge in [-0.05, 0) is 30.7 Å². The van der Waals surface area contributed by atoms with E-state index in [2.05, 4.69) is 18.8 Å². The number of amides is 1. The molecule has 7 nitrogen and oxygen atoms in total. The zero-order valence-corrected chi connectivity index (χ0v) is 15.8. The standard InChI is InChI=1S/C17H27N3O4S/c1-3-17(2)5-4-6-19(13-17)16(21)15-11-14(12-18-15)25(22,23)20-7-9-24-10-8-20/h11-12,18H,3-10,13H2,1-2H3/t17-/m0/s1. The zero-order chi connectivity index (χ0) is 18.1. The van der Waals surface area contributed by atoms with Crippen LogP contribution >= 0.6 is 0 Å². The Balaban J connectivity index is 1.75. The van der Waals surface area contributed by atoms with Crippen LogP contribution in [0.5, 0.6) is 0 Å². The number of aromatic nitrogens is 1. The van der Waals surface area contributed by atoms with Crippen LogP contribution in [-0.4, -0.2) is 67.9 Å². The van der Waals surface area contributed by atoms with Gasteiger partial charge in [0.2, 0.25) is 10.0 Å². The molecule has 2 fully saturated rings. The van der Waals surface area contributed by atoms with Crippen molar-refractivity contribution < 1.29 is 17.9 Å². The molecule has 3 heterocycles. The maximum Gasteiger partial charge on any atom is 0.270 e. The van der Waals surface area contributed by atoms with Gasteiger partial charge in [-0.25, -0.2) is 8.42 Å². The van der Waals surface area contributed by atoms with Gasteiger partial charge in [-0.15, -0.1) is 0 Å². The fourth-order valence-electron chi connectivity index (χ4n) is 3.53. The predicted octanol–water partition coefficient (Wildman–Crippen LogP) is 1.69. The molecule has 1 atom stereocenters. The largest absolute Gasteiger partial charge is 0.379 e. The number of morpholine rings is 1. The van der Waals surface area contributed by atoms with Crippen molar-refractivity contribution in [1.82, 2.24) is 14.2 Å². The maximum absolute atomic E-state index is 12.8.